The van der Waals surface area contributed by atoms with Crippen LogP contribution in [0.15, 0.2) is 24.3 Å². The summed E-state index contributed by atoms with van der Waals surface area (Å²) < 4.78 is 10.7. The zero-order valence-electron chi connectivity index (χ0n) is 18.9. The van der Waals surface area contributed by atoms with Crippen LogP contribution in [0.5, 0.6) is 0 Å². The topological polar surface area (TPSA) is 52.6 Å². The van der Waals surface area contributed by atoms with Gasteiger partial charge in [-0.05, 0) is 25.0 Å². The van der Waals surface area contributed by atoms with Gasteiger partial charge in [0.25, 0.3) is 0 Å². The number of halogens is 2. The van der Waals surface area contributed by atoms with Crippen molar-refractivity contribution in [1.82, 2.24) is 0 Å². The van der Waals surface area contributed by atoms with Crippen LogP contribution in [-0.4, -0.2) is 25.2 Å². The molecule has 1 aromatic carbocycles. The van der Waals surface area contributed by atoms with E-state index in [1.165, 1.54) is 51.4 Å². The Labute approximate surface area is 204 Å². The van der Waals surface area contributed by atoms with E-state index in [2.05, 4.69) is 13.8 Å². The Balaban J connectivity index is 0.00000282. The summed E-state index contributed by atoms with van der Waals surface area (Å²) in [6.07, 6.45) is 13.6. The number of carbonyl (C=O) groups excluding carboxylic acids is 2. The SMILES string of the molecule is CCCCCCCCOC(=O)c1ccccc1C(=O)OCCCCCCCC.[Cl][Pd][Cl]. The van der Waals surface area contributed by atoms with Gasteiger partial charge < -0.3 is 9.47 Å². The molecule has 7 heteroatoms. The second-order valence-corrected chi connectivity index (χ2v) is 9.76. The predicted octanol–water partition coefficient (Wildman–Crippen LogP) is 8.10. The van der Waals surface area contributed by atoms with Crippen LogP contribution in [0.25, 0.3) is 0 Å². The average molecular weight is 568 g/mol. The molecule has 0 saturated heterocycles. The van der Waals surface area contributed by atoms with E-state index in [1.807, 2.05) is 0 Å². The first-order valence-corrected chi connectivity index (χ1v) is 15.4. The molecular weight excluding hydrogens is 530 g/mol. The Morgan fingerprint density at radius 2 is 1.00 bits per heavy atom. The van der Waals surface area contributed by atoms with Crippen molar-refractivity contribution in [1.29, 1.82) is 0 Å². The summed E-state index contributed by atoms with van der Waals surface area (Å²) >= 11 is -0.106. The number of ether oxygens (including phenoxy) is 2. The van der Waals surface area contributed by atoms with Crippen LogP contribution in [0.1, 0.15) is 112 Å². The number of carbonyl (C=O) groups is 2. The van der Waals surface area contributed by atoms with Gasteiger partial charge in [0.1, 0.15) is 0 Å². The van der Waals surface area contributed by atoms with Crippen molar-refractivity contribution in [2.24, 2.45) is 0 Å². The van der Waals surface area contributed by atoms with Gasteiger partial charge >= 0.3 is 46.9 Å². The molecule has 0 unspecified atom stereocenters. The van der Waals surface area contributed by atoms with Gasteiger partial charge in [0.2, 0.25) is 0 Å². The molecule has 0 N–H and O–H groups in total. The molecule has 0 saturated carbocycles. The normalized spacial score (nSPS) is 10.3. The number of rotatable bonds is 16. The van der Waals surface area contributed by atoms with Crippen molar-refractivity contribution in [2.75, 3.05) is 13.2 Å². The molecule has 0 aromatic heterocycles. The van der Waals surface area contributed by atoms with Crippen molar-refractivity contribution < 1.29 is 35.0 Å². The number of hydrogen-bond acceptors (Lipinski definition) is 4. The zero-order chi connectivity index (χ0) is 23.2. The van der Waals surface area contributed by atoms with E-state index >= 15 is 0 Å². The van der Waals surface area contributed by atoms with Gasteiger partial charge in [-0.1, -0.05) is 90.2 Å². The molecule has 0 radical (unpaired) electrons. The van der Waals surface area contributed by atoms with Crippen LogP contribution < -0.4 is 0 Å². The Morgan fingerprint density at radius 1 is 0.677 bits per heavy atom. The maximum atomic E-state index is 12.4. The van der Waals surface area contributed by atoms with Crippen LogP contribution in [0.3, 0.4) is 0 Å². The van der Waals surface area contributed by atoms with Gasteiger partial charge in [0.05, 0.1) is 24.3 Å². The summed E-state index contributed by atoms with van der Waals surface area (Å²) in [5.41, 5.74) is 0.586. The Hall–Kier alpha value is -0.598. The quantitative estimate of drug-likeness (QED) is 0.115. The molecule has 0 atom stereocenters. The first-order valence-electron chi connectivity index (χ1n) is 11.4. The number of hydrogen-bond donors (Lipinski definition) is 0. The van der Waals surface area contributed by atoms with Crippen LogP contribution in [0.4, 0.5) is 0 Å². The van der Waals surface area contributed by atoms with E-state index in [9.17, 15) is 9.59 Å². The van der Waals surface area contributed by atoms with E-state index in [0.29, 0.717) is 24.3 Å². The molecule has 0 aliphatic carbocycles. The molecule has 0 aliphatic rings. The van der Waals surface area contributed by atoms with Gasteiger partial charge in [-0.3, -0.25) is 0 Å². The first-order chi connectivity index (χ1) is 15.1. The fraction of sp³-hybridized carbons (Fsp3) is 0.667. The molecular formula is C24H38Cl2O4Pd. The maximum absolute atomic E-state index is 12.4. The summed E-state index contributed by atoms with van der Waals surface area (Å²) in [6.45, 7) is 5.17. The molecule has 0 heterocycles. The molecule has 1 rings (SSSR count). The van der Waals surface area contributed by atoms with Crippen molar-refractivity contribution in [3.8, 4) is 0 Å². The monoisotopic (exact) mass is 566 g/mol. The third-order valence-corrected chi connectivity index (χ3v) is 4.83. The van der Waals surface area contributed by atoms with Gasteiger partial charge in [0, 0.05) is 0 Å². The van der Waals surface area contributed by atoms with E-state index < -0.39 is 11.9 Å². The van der Waals surface area contributed by atoms with Crippen LogP contribution >= 0.6 is 19.1 Å². The second-order valence-electron chi connectivity index (χ2n) is 7.40. The minimum atomic E-state index is -0.444. The molecule has 4 nitrogen and oxygen atoms in total. The van der Waals surface area contributed by atoms with Crippen molar-refractivity contribution in [3.63, 3.8) is 0 Å². The molecule has 1 aromatic rings. The van der Waals surface area contributed by atoms with Crippen LogP contribution in [0.2, 0.25) is 0 Å². The first kappa shape index (κ1) is 30.4. The average Bonchev–Trinajstić information content (AvgIpc) is 2.78. The van der Waals surface area contributed by atoms with Crippen molar-refractivity contribution in [3.05, 3.63) is 35.4 Å². The van der Waals surface area contributed by atoms with Crippen molar-refractivity contribution >= 4 is 31.0 Å². The number of esters is 2. The Morgan fingerprint density at radius 3 is 1.35 bits per heavy atom. The molecule has 0 amide bonds. The summed E-state index contributed by atoms with van der Waals surface area (Å²) in [5.74, 6) is -0.888. The molecule has 0 fully saturated rings. The molecule has 0 bridgehead atoms. The van der Waals surface area contributed by atoms with Gasteiger partial charge in [-0.25, -0.2) is 9.59 Å². The Kier molecular flexibility index (Phi) is 22.2. The molecule has 0 aliphatic heterocycles. The number of unbranched alkanes of at least 4 members (excludes halogenated alkanes) is 10. The fourth-order valence-electron chi connectivity index (χ4n) is 3.09. The molecule has 31 heavy (non-hydrogen) atoms. The summed E-state index contributed by atoms with van der Waals surface area (Å²) in [4.78, 5) is 24.7. The van der Waals surface area contributed by atoms with E-state index in [0.717, 1.165) is 25.7 Å². The van der Waals surface area contributed by atoms with Crippen LogP contribution in [-0.2, 0) is 25.4 Å². The van der Waals surface area contributed by atoms with Gasteiger partial charge in [0.15, 0.2) is 0 Å². The Bertz CT molecular complexity index is 535. The second kappa shape index (κ2) is 22.6. The summed E-state index contributed by atoms with van der Waals surface area (Å²) in [6, 6.07) is 6.74. The summed E-state index contributed by atoms with van der Waals surface area (Å²) in [7, 11) is 9.63. The van der Waals surface area contributed by atoms with E-state index in [4.69, 9.17) is 28.5 Å². The third-order valence-electron chi connectivity index (χ3n) is 4.83. The fourth-order valence-corrected chi connectivity index (χ4v) is 3.09. The van der Waals surface area contributed by atoms with E-state index in [1.54, 1.807) is 24.3 Å². The van der Waals surface area contributed by atoms with E-state index in [-0.39, 0.29) is 15.9 Å². The van der Waals surface area contributed by atoms with Crippen LogP contribution in [0, 0.1) is 0 Å². The standard InChI is InChI=1S/C24H38O4.2ClH.Pd/c1-3-5-7-9-11-15-19-27-23(25)21-17-13-14-18-22(21)24(26)28-20-16-12-10-8-6-4-2;;;/h13-14,17-18H,3-12,15-16,19-20H2,1-2H3;2*1H;/q;;;+2/p-2. The van der Waals surface area contributed by atoms with Gasteiger partial charge in [-0.15, -0.1) is 0 Å². The predicted molar refractivity (Wildman–Crippen MR) is 125 cm³/mol. The molecule has 0 spiro atoms. The van der Waals surface area contributed by atoms with Gasteiger partial charge in [-0.2, -0.15) is 0 Å². The minimum absolute atomic E-state index is 0.106. The zero-order valence-corrected chi connectivity index (χ0v) is 22.0. The third kappa shape index (κ3) is 16.7. The number of benzene rings is 1. The summed E-state index contributed by atoms with van der Waals surface area (Å²) in [5, 5.41) is 0. The van der Waals surface area contributed by atoms with Crippen molar-refractivity contribution in [2.45, 2.75) is 90.9 Å². The molecule has 182 valence electrons.